The number of hydrogen-bond donors (Lipinski definition) is 0. The Hall–Kier alpha value is -5.64. The van der Waals surface area contributed by atoms with Crippen LogP contribution < -0.4 is 31.8 Å². The van der Waals surface area contributed by atoms with Crippen LogP contribution in [0.5, 0.6) is 0 Å². The van der Waals surface area contributed by atoms with E-state index in [1.165, 1.54) is 59.4 Å². The molecule has 8 aromatic carbocycles. The Labute approximate surface area is 315 Å². The molecule has 0 aliphatic carbocycles. The number of aryl methyl sites for hydroxylation is 1. The molecule has 0 aliphatic heterocycles. The van der Waals surface area contributed by atoms with Crippen LogP contribution in [0.25, 0.3) is 16.4 Å². The summed E-state index contributed by atoms with van der Waals surface area (Å²) in [6.07, 6.45) is 0. The SMILES string of the molecule is Cc1ccccc1-c1ccccc1/C(=C/[PH](c1ccccc1)(c1ccccc1)c1ccccc1)[PH](c1ccccc1)(c1ccccc1)c1ccccc1. The summed E-state index contributed by atoms with van der Waals surface area (Å²) in [5.41, 5.74) is 5.07. The van der Waals surface area contributed by atoms with E-state index in [-0.39, 0.29) is 0 Å². The molecule has 0 amide bonds. The maximum absolute atomic E-state index is 3.09. The fourth-order valence-corrected chi connectivity index (χ4v) is 18.7. The Kier molecular flexibility index (Phi) is 10.1. The summed E-state index contributed by atoms with van der Waals surface area (Å²) in [5.74, 6) is 2.81. The summed E-state index contributed by atoms with van der Waals surface area (Å²) in [6, 6.07) is 86.1. The molecule has 8 aromatic rings. The minimum absolute atomic E-state index is 1.26. The van der Waals surface area contributed by atoms with E-state index < -0.39 is 14.5 Å². The van der Waals surface area contributed by atoms with Gasteiger partial charge in [-0.05, 0) is 0 Å². The molecule has 0 saturated carbocycles. The van der Waals surface area contributed by atoms with Gasteiger partial charge in [-0.1, -0.05) is 0 Å². The van der Waals surface area contributed by atoms with Crippen LogP contribution in [0.2, 0.25) is 0 Å². The molecule has 0 radical (unpaired) electrons. The topological polar surface area (TPSA) is 0 Å². The fourth-order valence-electron chi connectivity index (χ4n) is 8.32. The van der Waals surface area contributed by atoms with Gasteiger partial charge in [0.1, 0.15) is 0 Å². The predicted molar refractivity (Wildman–Crippen MR) is 238 cm³/mol. The fraction of sp³-hybridized carbons (Fsp3) is 0.0196. The van der Waals surface area contributed by atoms with Gasteiger partial charge in [0.15, 0.2) is 0 Å². The second-order valence-electron chi connectivity index (χ2n) is 13.7. The summed E-state index contributed by atoms with van der Waals surface area (Å²) >= 11 is 0. The van der Waals surface area contributed by atoms with Crippen molar-refractivity contribution in [2.75, 3.05) is 0 Å². The zero-order valence-electron chi connectivity index (χ0n) is 30.0. The first kappa shape index (κ1) is 34.4. The normalized spacial score (nSPS) is 12.6. The third kappa shape index (κ3) is 6.40. The Balaban J connectivity index is 1.65. The van der Waals surface area contributed by atoms with Crippen molar-refractivity contribution in [3.05, 3.63) is 247 Å². The first-order valence-electron chi connectivity index (χ1n) is 18.4. The van der Waals surface area contributed by atoms with Crippen LogP contribution in [0.1, 0.15) is 11.1 Å². The molecule has 0 bridgehead atoms. The zero-order chi connectivity index (χ0) is 35.9. The van der Waals surface area contributed by atoms with Crippen LogP contribution in [0, 0.1) is 6.92 Å². The molecule has 2 heteroatoms. The monoisotopic (exact) mass is 718 g/mol. The molecule has 0 saturated heterocycles. The van der Waals surface area contributed by atoms with Crippen LogP contribution in [0.3, 0.4) is 0 Å². The molecule has 8 rings (SSSR count). The number of hydrogen-bond acceptors (Lipinski definition) is 0. The van der Waals surface area contributed by atoms with Crippen molar-refractivity contribution in [1.82, 2.24) is 0 Å². The zero-order valence-corrected chi connectivity index (χ0v) is 32.0. The van der Waals surface area contributed by atoms with E-state index in [4.69, 9.17) is 0 Å². The van der Waals surface area contributed by atoms with Gasteiger partial charge in [-0.3, -0.25) is 0 Å². The molecular weight excluding hydrogens is 675 g/mol. The average Bonchev–Trinajstić information content (AvgIpc) is 3.25. The van der Waals surface area contributed by atoms with E-state index in [1.54, 1.807) is 0 Å². The standard InChI is InChI=1S/C51H44P2/c1-41-24-20-21-37-48(41)49-38-22-23-39-50(49)51(53(45-31-14-5-15-32-45,46-33-16-6-17-34-46)47-35-18-7-19-36-47)40-52(42-25-8-2-9-26-42,43-27-10-3-11-28-43)44-29-12-4-13-30-44/h2-40,52-53H,1H3/b51-40-. The second-order valence-corrected chi connectivity index (χ2v) is 21.1. The Morgan fingerprint density at radius 3 is 1.00 bits per heavy atom. The van der Waals surface area contributed by atoms with Gasteiger partial charge < -0.3 is 0 Å². The van der Waals surface area contributed by atoms with E-state index >= 15 is 0 Å². The van der Waals surface area contributed by atoms with Gasteiger partial charge in [-0.15, -0.1) is 0 Å². The van der Waals surface area contributed by atoms with E-state index in [0.29, 0.717) is 0 Å². The molecule has 0 spiro atoms. The van der Waals surface area contributed by atoms with E-state index in [1.807, 2.05) is 0 Å². The maximum atomic E-state index is 2.81. The molecule has 0 N–H and O–H groups in total. The van der Waals surface area contributed by atoms with Crippen LogP contribution >= 0.6 is 14.5 Å². The number of rotatable bonds is 10. The first-order chi connectivity index (χ1) is 26.2. The molecule has 0 unspecified atom stereocenters. The summed E-state index contributed by atoms with van der Waals surface area (Å²) in [5, 5.41) is 9.57. The van der Waals surface area contributed by atoms with Crippen molar-refractivity contribution in [1.29, 1.82) is 0 Å². The molecule has 0 aliphatic rings. The van der Waals surface area contributed by atoms with Crippen LogP contribution in [0.4, 0.5) is 0 Å². The third-order valence-corrected chi connectivity index (χ3v) is 20.3. The van der Waals surface area contributed by atoms with Gasteiger partial charge in [0.25, 0.3) is 0 Å². The van der Waals surface area contributed by atoms with Crippen molar-refractivity contribution >= 4 is 51.7 Å². The van der Waals surface area contributed by atoms with Crippen LogP contribution in [-0.2, 0) is 0 Å². The van der Waals surface area contributed by atoms with Gasteiger partial charge in [0.05, 0.1) is 0 Å². The first-order valence-corrected chi connectivity index (χ1v) is 22.5. The van der Waals surface area contributed by atoms with Crippen molar-refractivity contribution in [3.63, 3.8) is 0 Å². The van der Waals surface area contributed by atoms with E-state index in [0.717, 1.165) is 0 Å². The van der Waals surface area contributed by atoms with Gasteiger partial charge >= 0.3 is 317 Å². The number of benzene rings is 8. The quantitative estimate of drug-likeness (QED) is 0.124. The van der Waals surface area contributed by atoms with Gasteiger partial charge in [0, 0.05) is 0 Å². The molecular formula is C51H44P2. The van der Waals surface area contributed by atoms with Crippen LogP contribution in [-0.4, -0.2) is 0 Å². The van der Waals surface area contributed by atoms with Gasteiger partial charge in [-0.25, -0.2) is 0 Å². The predicted octanol–water partition coefficient (Wildman–Crippen LogP) is 10.4. The third-order valence-electron chi connectivity index (χ3n) is 10.7. The Morgan fingerprint density at radius 1 is 0.321 bits per heavy atom. The molecule has 0 fully saturated rings. The van der Waals surface area contributed by atoms with Gasteiger partial charge in [0.2, 0.25) is 0 Å². The minimum atomic E-state index is -3.09. The molecule has 0 atom stereocenters. The van der Waals surface area contributed by atoms with E-state index in [2.05, 4.69) is 243 Å². The molecule has 53 heavy (non-hydrogen) atoms. The van der Waals surface area contributed by atoms with E-state index in [9.17, 15) is 0 Å². The second kappa shape index (κ2) is 15.5. The van der Waals surface area contributed by atoms with Crippen molar-refractivity contribution in [2.45, 2.75) is 6.92 Å². The summed E-state index contributed by atoms with van der Waals surface area (Å²) < 4.78 is 0. The van der Waals surface area contributed by atoms with Crippen molar-refractivity contribution < 1.29 is 0 Å². The Bertz CT molecular complexity index is 2230. The van der Waals surface area contributed by atoms with Gasteiger partial charge in [-0.2, -0.15) is 0 Å². The van der Waals surface area contributed by atoms with Crippen molar-refractivity contribution in [3.8, 4) is 11.1 Å². The molecule has 0 aromatic heterocycles. The average molecular weight is 719 g/mol. The summed E-state index contributed by atoms with van der Waals surface area (Å²) in [6.45, 7) is 2.24. The Morgan fingerprint density at radius 2 is 0.623 bits per heavy atom. The summed E-state index contributed by atoms with van der Waals surface area (Å²) in [4.78, 5) is 0. The summed E-state index contributed by atoms with van der Waals surface area (Å²) in [7, 11) is -6.03. The molecule has 0 heterocycles. The van der Waals surface area contributed by atoms with Crippen LogP contribution in [0.15, 0.2) is 236 Å². The molecule has 258 valence electrons. The molecule has 0 nitrogen and oxygen atoms in total. The van der Waals surface area contributed by atoms with Crippen molar-refractivity contribution in [2.24, 2.45) is 0 Å².